The summed E-state index contributed by atoms with van der Waals surface area (Å²) < 4.78 is 48.8. The number of likely N-dealkylation sites (N-methyl/N-ethyl adjacent to an activating group) is 1. The van der Waals surface area contributed by atoms with Gasteiger partial charge < -0.3 is 19.5 Å². The number of fused-ring (bicyclic) bond motifs is 2. The second-order valence-corrected chi connectivity index (χ2v) is 11.6. The Labute approximate surface area is 254 Å². The second kappa shape index (κ2) is 12.2. The van der Waals surface area contributed by atoms with Gasteiger partial charge in [0, 0.05) is 63.8 Å². The first-order chi connectivity index (χ1) is 21.1. The van der Waals surface area contributed by atoms with Gasteiger partial charge in [0.05, 0.1) is 29.1 Å². The summed E-state index contributed by atoms with van der Waals surface area (Å²) >= 11 is 0. The molecule has 0 bridgehead atoms. The van der Waals surface area contributed by atoms with Crippen molar-refractivity contribution in [3.8, 4) is 11.5 Å². The number of pyridine rings is 2. The summed E-state index contributed by atoms with van der Waals surface area (Å²) in [7, 11) is 0. The van der Waals surface area contributed by atoms with Gasteiger partial charge in [0.2, 0.25) is 5.91 Å². The van der Waals surface area contributed by atoms with Crippen LogP contribution in [0.2, 0.25) is 0 Å². The summed E-state index contributed by atoms with van der Waals surface area (Å²) in [4.78, 5) is 31.8. The predicted octanol–water partition coefficient (Wildman–Crippen LogP) is 5.90. The monoisotopic (exact) mass is 606 g/mol. The van der Waals surface area contributed by atoms with Crippen molar-refractivity contribution in [2.24, 2.45) is 0 Å². The quantitative estimate of drug-likeness (QED) is 0.282. The van der Waals surface area contributed by atoms with Crippen LogP contribution in [0.15, 0.2) is 48.8 Å². The third-order valence-electron chi connectivity index (χ3n) is 8.89. The van der Waals surface area contributed by atoms with Gasteiger partial charge in [0.25, 0.3) is 0 Å². The van der Waals surface area contributed by atoms with Gasteiger partial charge in [-0.15, -0.1) is 0 Å². The van der Waals surface area contributed by atoms with Crippen LogP contribution in [0.5, 0.6) is 11.5 Å². The van der Waals surface area contributed by atoms with E-state index >= 15 is 0 Å². The van der Waals surface area contributed by atoms with E-state index in [0.29, 0.717) is 35.7 Å². The van der Waals surface area contributed by atoms with E-state index in [1.165, 1.54) is 0 Å². The third-order valence-corrected chi connectivity index (χ3v) is 8.89. The molecule has 3 aromatic heterocycles. The highest BCUT2D eigenvalue weighted by atomic mass is 19.4. The number of piperazine rings is 1. The van der Waals surface area contributed by atoms with E-state index in [0.717, 1.165) is 61.1 Å². The number of nitrogens with one attached hydrogen (secondary N) is 1. The number of benzene rings is 1. The van der Waals surface area contributed by atoms with Crippen molar-refractivity contribution in [2.75, 3.05) is 39.3 Å². The molecule has 0 radical (unpaired) electrons. The number of aromatic amines is 1. The number of carbonyl (C=O) groups excluding carboxylic acids is 1. The Morgan fingerprint density at radius 3 is 2.57 bits per heavy atom. The number of halogens is 3. The molecule has 11 heteroatoms. The Hall–Kier alpha value is -3.96. The van der Waals surface area contributed by atoms with Gasteiger partial charge in [-0.2, -0.15) is 13.2 Å². The fraction of sp³-hybridized carbons (Fsp3) is 0.424. The van der Waals surface area contributed by atoms with Crippen LogP contribution in [-0.4, -0.2) is 74.8 Å². The molecule has 0 aliphatic carbocycles. The molecule has 44 heavy (non-hydrogen) atoms. The molecule has 1 unspecified atom stereocenters. The Morgan fingerprint density at radius 2 is 1.82 bits per heavy atom. The molecule has 6 rings (SSSR count). The van der Waals surface area contributed by atoms with Gasteiger partial charge >= 0.3 is 6.18 Å². The number of carbonyl (C=O) groups is 1. The van der Waals surface area contributed by atoms with Crippen molar-refractivity contribution in [1.82, 2.24) is 29.7 Å². The molecule has 0 saturated carbocycles. The van der Waals surface area contributed by atoms with Gasteiger partial charge in [0.15, 0.2) is 0 Å². The number of alkyl halides is 3. The average molecular weight is 607 g/mol. The molecule has 1 aromatic carbocycles. The Morgan fingerprint density at radius 1 is 1.05 bits per heavy atom. The van der Waals surface area contributed by atoms with E-state index < -0.39 is 11.7 Å². The number of nitrogens with zero attached hydrogens (tertiary/aromatic N) is 5. The minimum atomic E-state index is -4.50. The van der Waals surface area contributed by atoms with Crippen LogP contribution in [0.4, 0.5) is 13.2 Å². The predicted molar refractivity (Wildman–Crippen MR) is 162 cm³/mol. The number of hydrogen-bond donors (Lipinski definition) is 1. The fourth-order valence-corrected chi connectivity index (χ4v) is 6.30. The lowest BCUT2D eigenvalue weighted by atomic mass is 9.95. The molecule has 1 amide bonds. The second-order valence-electron chi connectivity index (χ2n) is 11.6. The van der Waals surface area contributed by atoms with Gasteiger partial charge in [0.1, 0.15) is 17.1 Å². The SMILES string of the molecule is CCN1CCN(Cc2ccc(CC(=O)N3CCc4nc(C)c(Oc5ccnc6[nH]ccc56)cc4C3C)cc2C(F)(F)F)CC1. The normalized spacial score (nSPS) is 18.0. The maximum atomic E-state index is 14.2. The van der Waals surface area contributed by atoms with Crippen LogP contribution < -0.4 is 4.74 Å². The Kier molecular flexibility index (Phi) is 8.34. The van der Waals surface area contributed by atoms with Gasteiger partial charge in [-0.05, 0) is 61.3 Å². The fourth-order valence-electron chi connectivity index (χ4n) is 6.30. The Balaban J connectivity index is 1.18. The maximum Gasteiger partial charge on any atom is 0.416 e. The van der Waals surface area contributed by atoms with Crippen LogP contribution in [-0.2, 0) is 30.4 Å². The number of amides is 1. The maximum absolute atomic E-state index is 14.2. The van der Waals surface area contributed by atoms with E-state index in [2.05, 4.69) is 26.7 Å². The van der Waals surface area contributed by atoms with Gasteiger partial charge in [-0.25, -0.2) is 4.98 Å². The van der Waals surface area contributed by atoms with E-state index in [1.807, 2.05) is 26.0 Å². The number of aromatic nitrogens is 3. The summed E-state index contributed by atoms with van der Waals surface area (Å²) in [5, 5.41) is 0.845. The van der Waals surface area contributed by atoms with E-state index in [9.17, 15) is 18.0 Å². The number of hydrogen-bond acceptors (Lipinski definition) is 6. The molecule has 2 aliphatic rings. The zero-order valence-electron chi connectivity index (χ0n) is 25.2. The van der Waals surface area contributed by atoms with Crippen molar-refractivity contribution in [3.63, 3.8) is 0 Å². The lowest BCUT2D eigenvalue weighted by molar-refractivity contribution is -0.139. The summed E-state index contributed by atoms with van der Waals surface area (Å²) in [5.74, 6) is 1.01. The van der Waals surface area contributed by atoms with E-state index in [-0.39, 0.29) is 30.5 Å². The largest absolute Gasteiger partial charge is 0.455 e. The van der Waals surface area contributed by atoms with Crippen molar-refractivity contribution >= 4 is 16.9 Å². The highest BCUT2D eigenvalue weighted by Gasteiger charge is 2.35. The standard InChI is InChI=1S/C33H37F3N6O2/c1-4-40-13-15-41(16-14-40)20-24-6-5-23(17-27(24)33(34,35)36)18-31(43)42-12-9-28-26(22(42)3)19-30(21(2)39-28)44-29-8-11-38-32-25(29)7-10-37-32/h5-8,10-11,17,19,22H,4,9,12-16,18,20H2,1-3H3,(H,37,38). The lowest BCUT2D eigenvalue weighted by Gasteiger charge is -2.35. The molecule has 1 N–H and O–H groups in total. The van der Waals surface area contributed by atoms with Crippen molar-refractivity contribution in [3.05, 3.63) is 82.4 Å². The minimum absolute atomic E-state index is 0.108. The van der Waals surface area contributed by atoms with Crippen molar-refractivity contribution in [1.29, 1.82) is 0 Å². The summed E-state index contributed by atoms with van der Waals surface area (Å²) in [6, 6.07) is 9.68. The smallest absolute Gasteiger partial charge is 0.416 e. The zero-order chi connectivity index (χ0) is 31.0. The molecule has 1 saturated heterocycles. The highest BCUT2D eigenvalue weighted by molar-refractivity contribution is 5.82. The molecule has 1 fully saturated rings. The molecule has 0 spiro atoms. The number of aryl methyl sites for hydroxylation is 1. The van der Waals surface area contributed by atoms with Gasteiger partial charge in [-0.3, -0.25) is 14.7 Å². The average Bonchev–Trinajstić information content (AvgIpc) is 3.49. The molecule has 232 valence electrons. The summed E-state index contributed by atoms with van der Waals surface area (Å²) in [6.45, 7) is 10.7. The summed E-state index contributed by atoms with van der Waals surface area (Å²) in [5.41, 5.74) is 3.18. The van der Waals surface area contributed by atoms with E-state index in [1.54, 1.807) is 35.5 Å². The number of H-pyrrole nitrogens is 1. The first-order valence-electron chi connectivity index (χ1n) is 15.1. The molecule has 5 heterocycles. The first kappa shape index (κ1) is 30.1. The lowest BCUT2D eigenvalue weighted by Crippen LogP contribution is -2.45. The van der Waals surface area contributed by atoms with Crippen LogP contribution in [0.3, 0.4) is 0 Å². The van der Waals surface area contributed by atoms with Gasteiger partial charge in [-0.1, -0.05) is 19.1 Å². The van der Waals surface area contributed by atoms with E-state index in [4.69, 9.17) is 9.72 Å². The molecule has 8 nitrogen and oxygen atoms in total. The third kappa shape index (κ3) is 6.16. The first-order valence-corrected chi connectivity index (χ1v) is 15.1. The molecule has 4 aromatic rings. The van der Waals surface area contributed by atoms with Crippen LogP contribution >= 0.6 is 0 Å². The topological polar surface area (TPSA) is 77.6 Å². The zero-order valence-corrected chi connectivity index (χ0v) is 25.2. The molecule has 1 atom stereocenters. The van der Waals surface area contributed by atoms with Crippen molar-refractivity contribution < 1.29 is 22.7 Å². The highest BCUT2D eigenvalue weighted by Crippen LogP contribution is 2.37. The van der Waals surface area contributed by atoms with Crippen LogP contribution in [0.1, 0.15) is 53.5 Å². The molecular formula is C33H37F3N6O2. The molecule has 2 aliphatic heterocycles. The van der Waals surface area contributed by atoms with Crippen LogP contribution in [0, 0.1) is 6.92 Å². The number of rotatable bonds is 7. The summed E-state index contributed by atoms with van der Waals surface area (Å²) in [6.07, 6.45) is -0.584. The van der Waals surface area contributed by atoms with Crippen molar-refractivity contribution in [2.45, 2.75) is 52.4 Å². The molecular weight excluding hydrogens is 569 g/mol. The minimum Gasteiger partial charge on any atom is -0.455 e. The number of ether oxygens (including phenoxy) is 1. The Bertz CT molecular complexity index is 1660. The van der Waals surface area contributed by atoms with Crippen LogP contribution in [0.25, 0.3) is 11.0 Å².